The van der Waals surface area contributed by atoms with Crippen LogP contribution in [0.3, 0.4) is 0 Å². The highest BCUT2D eigenvalue weighted by atomic mass is 16.6. The number of esters is 1. The number of unbranched alkanes of at least 4 members (excludes halogenated alkanes) is 9. The number of nitrogens with zero attached hydrogens (tertiary/aromatic N) is 2. The fraction of sp³-hybridized carbons (Fsp3) is 0.509. The van der Waals surface area contributed by atoms with Crippen LogP contribution in [0.5, 0.6) is 46.0 Å². The molecule has 4 aromatic rings. The van der Waals surface area contributed by atoms with Gasteiger partial charge in [0.2, 0.25) is 11.5 Å². The van der Waals surface area contributed by atoms with Gasteiger partial charge in [-0.3, -0.25) is 0 Å². The molecule has 1 aliphatic heterocycles. The summed E-state index contributed by atoms with van der Waals surface area (Å²) in [5.41, 5.74) is 3.12. The minimum atomic E-state index is -0.644. The Morgan fingerprint density at radius 1 is 0.522 bits per heavy atom. The molecule has 0 aromatic heterocycles. The lowest BCUT2D eigenvalue weighted by molar-refractivity contribution is 0.00708. The van der Waals surface area contributed by atoms with Crippen LogP contribution in [0.2, 0.25) is 0 Å². The molecule has 0 fully saturated rings. The van der Waals surface area contributed by atoms with Crippen LogP contribution in [0, 0.1) is 0 Å². The van der Waals surface area contributed by atoms with Crippen molar-refractivity contribution in [2.75, 3.05) is 86.9 Å². The summed E-state index contributed by atoms with van der Waals surface area (Å²) in [5, 5.41) is 8.97. The van der Waals surface area contributed by atoms with E-state index in [0.717, 1.165) is 67.6 Å². The van der Waals surface area contributed by atoms with Crippen molar-refractivity contribution in [2.24, 2.45) is 10.2 Å². The highest BCUT2D eigenvalue weighted by Crippen LogP contribution is 2.45. The predicted molar refractivity (Wildman–Crippen MR) is 269 cm³/mol. The molecule has 0 N–H and O–H groups in total. The van der Waals surface area contributed by atoms with Crippen LogP contribution in [0.25, 0.3) is 12.2 Å². The maximum atomic E-state index is 13.5. The normalized spacial score (nSPS) is 13.7. The standard InChI is InChI=1S/C55H74N2O12/c1-6-9-12-15-30-64-48-28-22-43(51(67-31-16-13-10-7-2)54(48)68-32-17-14-11-8-3)21-18-42-19-24-45(25-20-42)56-57-46-26-29-49(53(60-5)52(46)59-4)69-55(58)44-23-27-47-50(41-44)66-40-38-63-36-34-61-33-35-62-37-39-65-47/h18-29,41H,6-17,30-40H2,1-5H3/b21-18+,57-56?. The number of azo groups is 1. The highest BCUT2D eigenvalue weighted by Gasteiger charge is 2.22. The quantitative estimate of drug-likeness (QED) is 0.0194. The first kappa shape index (κ1) is 54.1. The van der Waals surface area contributed by atoms with E-state index in [-0.39, 0.29) is 29.4 Å². The van der Waals surface area contributed by atoms with Gasteiger partial charge in [0.1, 0.15) is 18.9 Å². The Morgan fingerprint density at radius 3 is 1.70 bits per heavy atom. The van der Waals surface area contributed by atoms with Crippen LogP contribution in [0.4, 0.5) is 11.4 Å². The van der Waals surface area contributed by atoms with Crippen molar-refractivity contribution in [3.63, 3.8) is 0 Å². The fourth-order valence-corrected chi connectivity index (χ4v) is 7.23. The van der Waals surface area contributed by atoms with Crippen molar-refractivity contribution in [3.05, 3.63) is 83.4 Å². The number of benzene rings is 4. The van der Waals surface area contributed by atoms with E-state index in [1.54, 1.807) is 30.3 Å². The van der Waals surface area contributed by atoms with Crippen molar-refractivity contribution in [2.45, 2.75) is 97.8 Å². The molecule has 0 radical (unpaired) electrons. The van der Waals surface area contributed by atoms with Gasteiger partial charge in [0, 0.05) is 5.56 Å². The second kappa shape index (κ2) is 32.1. The minimum absolute atomic E-state index is 0.135. The Bertz CT molecular complexity index is 2160. The van der Waals surface area contributed by atoms with E-state index in [4.69, 9.17) is 52.1 Å². The number of methoxy groups -OCH3 is 2. The first-order valence-corrected chi connectivity index (χ1v) is 24.8. The van der Waals surface area contributed by atoms with Gasteiger partial charge in [-0.15, -0.1) is 5.11 Å². The summed E-state index contributed by atoms with van der Waals surface area (Å²) < 4.78 is 65.1. The average molecular weight is 955 g/mol. The third-order valence-electron chi connectivity index (χ3n) is 11.0. The minimum Gasteiger partial charge on any atom is -0.491 e. The zero-order valence-electron chi connectivity index (χ0n) is 41.6. The van der Waals surface area contributed by atoms with Crippen LogP contribution < -0.4 is 37.9 Å². The number of carbonyl (C=O) groups is 1. The average Bonchev–Trinajstić information content (AvgIpc) is 3.38. The van der Waals surface area contributed by atoms with Crippen LogP contribution in [0.1, 0.15) is 119 Å². The number of ether oxygens (including phenoxy) is 11. The van der Waals surface area contributed by atoms with E-state index in [1.165, 1.54) is 46.3 Å². The van der Waals surface area contributed by atoms with Crippen LogP contribution in [-0.4, -0.2) is 92.9 Å². The molecule has 14 heteroatoms. The molecule has 0 unspecified atom stereocenters. The number of hydrogen-bond donors (Lipinski definition) is 0. The summed E-state index contributed by atoms with van der Waals surface area (Å²) in [7, 11) is 2.95. The molecule has 0 atom stereocenters. The van der Waals surface area contributed by atoms with Gasteiger partial charge in [-0.1, -0.05) is 103 Å². The molecule has 1 heterocycles. The lowest BCUT2D eigenvalue weighted by atomic mass is 10.1. The van der Waals surface area contributed by atoms with Gasteiger partial charge < -0.3 is 52.1 Å². The zero-order chi connectivity index (χ0) is 48.7. The summed E-state index contributed by atoms with van der Waals surface area (Å²) in [5.74, 6) is 2.87. The molecule has 0 saturated heterocycles. The maximum absolute atomic E-state index is 13.5. The molecule has 14 nitrogen and oxygen atoms in total. The highest BCUT2D eigenvalue weighted by molar-refractivity contribution is 5.92. The number of hydrogen-bond acceptors (Lipinski definition) is 14. The third kappa shape index (κ3) is 18.5. The van der Waals surface area contributed by atoms with Gasteiger partial charge >= 0.3 is 5.97 Å². The molecule has 69 heavy (non-hydrogen) atoms. The van der Waals surface area contributed by atoms with Gasteiger partial charge in [-0.2, -0.15) is 5.11 Å². The molecular formula is C55H74N2O12. The Balaban J connectivity index is 1.29. The van der Waals surface area contributed by atoms with E-state index in [1.807, 2.05) is 36.4 Å². The molecule has 376 valence electrons. The summed E-state index contributed by atoms with van der Waals surface area (Å²) >= 11 is 0. The van der Waals surface area contributed by atoms with Crippen molar-refractivity contribution in [1.29, 1.82) is 0 Å². The SMILES string of the molecule is CCCCCCOc1ccc(/C=C/c2ccc(N=Nc3ccc(OC(=O)c4ccc5c(c4)OCCOCCOCCOCCO5)c(OC)c3OC)cc2)c(OCCCCCC)c1OCCCCCC. The Labute approximate surface area is 409 Å². The van der Waals surface area contributed by atoms with E-state index in [0.29, 0.717) is 94.7 Å². The first-order chi connectivity index (χ1) is 34.0. The van der Waals surface area contributed by atoms with E-state index in [9.17, 15) is 4.79 Å². The predicted octanol–water partition coefficient (Wildman–Crippen LogP) is 13.2. The van der Waals surface area contributed by atoms with Crippen LogP contribution in [-0.2, 0) is 14.2 Å². The van der Waals surface area contributed by atoms with Crippen LogP contribution in [0.15, 0.2) is 77.0 Å². The van der Waals surface area contributed by atoms with Gasteiger partial charge in [-0.05, 0) is 79.4 Å². The van der Waals surface area contributed by atoms with Crippen molar-refractivity contribution in [1.82, 2.24) is 0 Å². The Hall–Kier alpha value is -5.83. The lowest BCUT2D eigenvalue weighted by Crippen LogP contribution is -2.13. The molecule has 0 spiro atoms. The molecule has 5 rings (SSSR count). The van der Waals surface area contributed by atoms with Crippen LogP contribution >= 0.6 is 0 Å². The number of carbonyl (C=O) groups excluding carboxylic acids is 1. The third-order valence-corrected chi connectivity index (χ3v) is 11.0. The monoisotopic (exact) mass is 955 g/mol. The molecule has 0 aliphatic carbocycles. The molecule has 0 amide bonds. The second-order valence-corrected chi connectivity index (χ2v) is 16.4. The van der Waals surface area contributed by atoms with Gasteiger partial charge in [0.05, 0.1) is 84.9 Å². The Morgan fingerprint density at radius 2 is 1.09 bits per heavy atom. The summed E-state index contributed by atoms with van der Waals surface area (Å²) in [6.45, 7) is 11.5. The molecule has 0 saturated carbocycles. The topological polar surface area (TPSA) is 143 Å². The van der Waals surface area contributed by atoms with Crippen molar-refractivity contribution in [3.8, 4) is 46.0 Å². The first-order valence-electron chi connectivity index (χ1n) is 24.8. The molecular weight excluding hydrogens is 881 g/mol. The lowest BCUT2D eigenvalue weighted by Gasteiger charge is -2.19. The zero-order valence-corrected chi connectivity index (χ0v) is 41.6. The van der Waals surface area contributed by atoms with Gasteiger partial charge in [0.15, 0.2) is 34.5 Å². The number of rotatable bonds is 26. The maximum Gasteiger partial charge on any atom is 0.343 e. The van der Waals surface area contributed by atoms with E-state index in [2.05, 4.69) is 43.1 Å². The summed E-state index contributed by atoms with van der Waals surface area (Å²) in [4.78, 5) is 13.5. The van der Waals surface area contributed by atoms with Crippen molar-refractivity contribution >= 4 is 29.5 Å². The second-order valence-electron chi connectivity index (χ2n) is 16.4. The van der Waals surface area contributed by atoms with Gasteiger partial charge in [0.25, 0.3) is 0 Å². The van der Waals surface area contributed by atoms with E-state index >= 15 is 0 Å². The fourth-order valence-electron chi connectivity index (χ4n) is 7.23. The van der Waals surface area contributed by atoms with Gasteiger partial charge in [-0.25, -0.2) is 4.79 Å². The smallest absolute Gasteiger partial charge is 0.343 e. The molecule has 1 aliphatic rings. The summed E-state index contributed by atoms with van der Waals surface area (Å²) in [6.07, 6.45) is 17.5. The molecule has 0 bridgehead atoms. The summed E-state index contributed by atoms with van der Waals surface area (Å²) in [6, 6.07) is 19.8. The van der Waals surface area contributed by atoms with E-state index < -0.39 is 5.97 Å². The van der Waals surface area contributed by atoms with Crippen molar-refractivity contribution < 1.29 is 56.9 Å². The number of fused-ring (bicyclic) bond motifs is 1. The Kier molecular flexibility index (Phi) is 25.2. The largest absolute Gasteiger partial charge is 0.491 e. The molecule has 4 aromatic carbocycles.